The van der Waals surface area contributed by atoms with Crippen molar-refractivity contribution < 1.29 is 4.74 Å². The molecule has 6 nitrogen and oxygen atoms in total. The maximum Gasteiger partial charge on any atom is 0.149 e. The van der Waals surface area contributed by atoms with Crippen LogP contribution in [0.1, 0.15) is 61.4 Å². The largest absolute Gasteiger partial charge is 0.379 e. The molecule has 1 saturated heterocycles. The Morgan fingerprint density at radius 2 is 1.96 bits per heavy atom. The van der Waals surface area contributed by atoms with Crippen molar-refractivity contribution in [2.24, 2.45) is 0 Å². The fourth-order valence-electron chi connectivity index (χ4n) is 4.12. The fourth-order valence-corrected chi connectivity index (χ4v) is 4.12. The highest BCUT2D eigenvalue weighted by Crippen LogP contribution is 2.34. The summed E-state index contributed by atoms with van der Waals surface area (Å²) in [5.74, 6) is 1.93. The van der Waals surface area contributed by atoms with Crippen LogP contribution < -0.4 is 0 Å². The van der Waals surface area contributed by atoms with E-state index in [4.69, 9.17) is 14.8 Å². The molecular formula is C19H27N5O. The molecule has 0 bridgehead atoms. The molecule has 1 atom stereocenters. The van der Waals surface area contributed by atoms with Gasteiger partial charge in [0.15, 0.2) is 0 Å². The highest BCUT2D eigenvalue weighted by atomic mass is 16.5. The average molecular weight is 341 g/mol. The molecule has 4 rings (SSSR count). The van der Waals surface area contributed by atoms with E-state index in [-0.39, 0.29) is 6.04 Å². The third kappa shape index (κ3) is 3.60. The molecule has 3 heterocycles. The second kappa shape index (κ2) is 7.62. The Balaban J connectivity index is 1.74. The SMILES string of the molecule is Cc1nc(C(c2cccnc2)N2CCOCC2)n(C2CCCCC2)n1. The van der Waals surface area contributed by atoms with E-state index in [2.05, 4.69) is 20.6 Å². The van der Waals surface area contributed by atoms with E-state index in [0.717, 1.165) is 38.0 Å². The van der Waals surface area contributed by atoms with Crippen LogP contribution in [0, 0.1) is 6.92 Å². The molecular weight excluding hydrogens is 314 g/mol. The van der Waals surface area contributed by atoms with E-state index in [1.54, 1.807) is 0 Å². The topological polar surface area (TPSA) is 56.1 Å². The van der Waals surface area contributed by atoms with E-state index in [1.165, 1.54) is 37.7 Å². The second-order valence-electron chi connectivity index (χ2n) is 7.09. The Morgan fingerprint density at radius 1 is 1.16 bits per heavy atom. The van der Waals surface area contributed by atoms with Crippen LogP contribution in [-0.4, -0.2) is 51.0 Å². The summed E-state index contributed by atoms with van der Waals surface area (Å²) in [4.78, 5) is 11.7. The lowest BCUT2D eigenvalue weighted by atomic mass is 9.95. The Bertz CT molecular complexity index is 674. The van der Waals surface area contributed by atoms with Crippen LogP contribution in [0.25, 0.3) is 0 Å². The first-order valence-corrected chi connectivity index (χ1v) is 9.47. The predicted molar refractivity (Wildman–Crippen MR) is 95.4 cm³/mol. The first kappa shape index (κ1) is 16.7. The van der Waals surface area contributed by atoms with Gasteiger partial charge in [-0.2, -0.15) is 5.10 Å². The predicted octanol–water partition coefficient (Wildman–Crippen LogP) is 2.91. The molecule has 1 unspecified atom stereocenters. The number of rotatable bonds is 4. The zero-order chi connectivity index (χ0) is 17.1. The molecule has 0 amide bonds. The summed E-state index contributed by atoms with van der Waals surface area (Å²) in [5.41, 5.74) is 1.19. The minimum Gasteiger partial charge on any atom is -0.379 e. The normalized spacial score (nSPS) is 21.3. The van der Waals surface area contributed by atoms with Gasteiger partial charge in [-0.1, -0.05) is 25.3 Å². The van der Waals surface area contributed by atoms with Crippen LogP contribution in [0.5, 0.6) is 0 Å². The minimum absolute atomic E-state index is 0.0979. The zero-order valence-corrected chi connectivity index (χ0v) is 15.0. The lowest BCUT2D eigenvalue weighted by molar-refractivity contribution is 0.0211. The Hall–Kier alpha value is -1.79. The molecule has 2 aromatic rings. The van der Waals surface area contributed by atoms with E-state index in [0.29, 0.717) is 6.04 Å². The smallest absolute Gasteiger partial charge is 0.149 e. The summed E-state index contributed by atoms with van der Waals surface area (Å²) in [6.07, 6.45) is 10.1. The summed E-state index contributed by atoms with van der Waals surface area (Å²) < 4.78 is 7.80. The first-order valence-electron chi connectivity index (χ1n) is 9.47. The summed E-state index contributed by atoms with van der Waals surface area (Å²) in [6, 6.07) is 4.74. The molecule has 0 radical (unpaired) electrons. The molecule has 25 heavy (non-hydrogen) atoms. The van der Waals surface area contributed by atoms with Crippen molar-refractivity contribution in [1.82, 2.24) is 24.6 Å². The van der Waals surface area contributed by atoms with E-state index < -0.39 is 0 Å². The number of morpholine rings is 1. The maximum absolute atomic E-state index is 5.57. The lowest BCUT2D eigenvalue weighted by Crippen LogP contribution is -2.41. The lowest BCUT2D eigenvalue weighted by Gasteiger charge is -2.35. The van der Waals surface area contributed by atoms with Crippen LogP contribution in [0.2, 0.25) is 0 Å². The Labute approximate surface area is 149 Å². The van der Waals surface area contributed by atoms with Gasteiger partial charge >= 0.3 is 0 Å². The van der Waals surface area contributed by atoms with Gasteiger partial charge in [0.25, 0.3) is 0 Å². The van der Waals surface area contributed by atoms with Crippen molar-refractivity contribution in [3.63, 3.8) is 0 Å². The zero-order valence-electron chi connectivity index (χ0n) is 15.0. The van der Waals surface area contributed by atoms with E-state index in [9.17, 15) is 0 Å². The molecule has 1 saturated carbocycles. The third-order valence-corrected chi connectivity index (χ3v) is 5.34. The number of aromatic nitrogens is 4. The molecule has 0 aromatic carbocycles. The molecule has 0 spiro atoms. The number of pyridine rings is 1. The molecule has 0 N–H and O–H groups in total. The van der Waals surface area contributed by atoms with Crippen LogP contribution in [0.3, 0.4) is 0 Å². The molecule has 6 heteroatoms. The van der Waals surface area contributed by atoms with Gasteiger partial charge in [-0.3, -0.25) is 9.88 Å². The van der Waals surface area contributed by atoms with Crippen molar-refractivity contribution in [3.05, 3.63) is 41.7 Å². The summed E-state index contributed by atoms with van der Waals surface area (Å²) in [5, 5.41) is 4.80. The van der Waals surface area contributed by atoms with Crippen molar-refractivity contribution in [2.45, 2.75) is 51.1 Å². The molecule has 1 aliphatic carbocycles. The standard InChI is InChI=1S/C19H27N5O/c1-15-21-19(24(22-15)17-7-3-2-4-8-17)18(16-6-5-9-20-14-16)23-10-12-25-13-11-23/h5-6,9,14,17-18H,2-4,7-8,10-13H2,1H3. The second-order valence-corrected chi connectivity index (χ2v) is 7.09. The van der Waals surface area contributed by atoms with Gasteiger partial charge in [0.1, 0.15) is 11.6 Å². The highest BCUT2D eigenvalue weighted by molar-refractivity contribution is 5.23. The molecule has 1 aliphatic heterocycles. The monoisotopic (exact) mass is 341 g/mol. The fraction of sp³-hybridized carbons (Fsp3) is 0.632. The highest BCUT2D eigenvalue weighted by Gasteiger charge is 2.31. The van der Waals surface area contributed by atoms with Gasteiger partial charge in [-0.05, 0) is 31.4 Å². The summed E-state index contributed by atoms with van der Waals surface area (Å²) in [6.45, 7) is 5.37. The van der Waals surface area contributed by atoms with Gasteiger partial charge in [0.05, 0.1) is 25.3 Å². The summed E-state index contributed by atoms with van der Waals surface area (Å²) in [7, 11) is 0. The molecule has 134 valence electrons. The van der Waals surface area contributed by atoms with Gasteiger partial charge < -0.3 is 4.74 Å². The minimum atomic E-state index is 0.0979. The number of nitrogens with zero attached hydrogens (tertiary/aromatic N) is 5. The number of ether oxygens (including phenoxy) is 1. The third-order valence-electron chi connectivity index (χ3n) is 5.34. The summed E-state index contributed by atoms with van der Waals surface area (Å²) >= 11 is 0. The van der Waals surface area contributed by atoms with Crippen molar-refractivity contribution in [1.29, 1.82) is 0 Å². The van der Waals surface area contributed by atoms with Crippen molar-refractivity contribution in [3.8, 4) is 0 Å². The number of aryl methyl sites for hydroxylation is 1. The quantitative estimate of drug-likeness (QED) is 0.856. The number of hydrogen-bond acceptors (Lipinski definition) is 5. The van der Waals surface area contributed by atoms with Crippen molar-refractivity contribution in [2.75, 3.05) is 26.3 Å². The van der Waals surface area contributed by atoms with Gasteiger partial charge in [0, 0.05) is 25.5 Å². The van der Waals surface area contributed by atoms with Crippen LogP contribution in [-0.2, 0) is 4.74 Å². The van der Waals surface area contributed by atoms with Gasteiger partial charge in [-0.25, -0.2) is 9.67 Å². The maximum atomic E-state index is 5.57. The average Bonchev–Trinajstić information content (AvgIpc) is 3.06. The molecule has 2 aromatic heterocycles. The van der Waals surface area contributed by atoms with Gasteiger partial charge in [-0.15, -0.1) is 0 Å². The molecule has 2 aliphatic rings. The first-order chi connectivity index (χ1) is 12.3. The van der Waals surface area contributed by atoms with Crippen LogP contribution >= 0.6 is 0 Å². The van der Waals surface area contributed by atoms with Crippen LogP contribution in [0.4, 0.5) is 0 Å². The van der Waals surface area contributed by atoms with Gasteiger partial charge in [0.2, 0.25) is 0 Å². The number of hydrogen-bond donors (Lipinski definition) is 0. The molecule has 2 fully saturated rings. The Kier molecular flexibility index (Phi) is 5.08. The van der Waals surface area contributed by atoms with Crippen molar-refractivity contribution >= 4 is 0 Å². The Morgan fingerprint density at radius 3 is 2.68 bits per heavy atom. The van der Waals surface area contributed by atoms with E-state index >= 15 is 0 Å². The van der Waals surface area contributed by atoms with E-state index in [1.807, 2.05) is 25.4 Å². The van der Waals surface area contributed by atoms with Crippen LogP contribution in [0.15, 0.2) is 24.5 Å².